The molecule has 1 heterocycles. The van der Waals surface area contributed by atoms with Gasteiger partial charge in [-0.25, -0.2) is 9.82 Å². The van der Waals surface area contributed by atoms with E-state index in [-0.39, 0.29) is 17.5 Å². The summed E-state index contributed by atoms with van der Waals surface area (Å²) in [6.45, 7) is 0. The van der Waals surface area contributed by atoms with Gasteiger partial charge in [0.15, 0.2) is 0 Å². The first-order valence-electron chi connectivity index (χ1n) is 6.72. The number of hydrogen-bond donors (Lipinski definition) is 2. The van der Waals surface area contributed by atoms with Crippen LogP contribution >= 0.6 is 11.8 Å². The third kappa shape index (κ3) is 3.12. The number of carbonyl (C=O) groups excluding carboxylic acids is 1. The molecule has 22 heavy (non-hydrogen) atoms. The molecular weight excluding hydrogens is 303 g/mol. The summed E-state index contributed by atoms with van der Waals surface area (Å²) in [6, 6.07) is 10.5. The van der Waals surface area contributed by atoms with Crippen LogP contribution in [0.5, 0.6) is 5.75 Å². The predicted octanol–water partition coefficient (Wildman–Crippen LogP) is 3.16. The topological polar surface area (TPSA) is 61.7 Å². The van der Waals surface area contributed by atoms with Crippen molar-refractivity contribution < 1.29 is 14.3 Å². The van der Waals surface area contributed by atoms with E-state index in [1.807, 2.05) is 0 Å². The number of halogens is 1. The van der Waals surface area contributed by atoms with Crippen molar-refractivity contribution in [3.63, 3.8) is 0 Å². The molecule has 1 amide bonds. The lowest BCUT2D eigenvalue weighted by Crippen LogP contribution is -2.21. The van der Waals surface area contributed by atoms with Crippen LogP contribution in [0.15, 0.2) is 52.5 Å². The van der Waals surface area contributed by atoms with Crippen molar-refractivity contribution in [1.29, 1.82) is 0 Å². The van der Waals surface area contributed by atoms with Crippen LogP contribution in [0, 0.1) is 5.82 Å². The van der Waals surface area contributed by atoms with E-state index in [0.29, 0.717) is 17.7 Å². The quantitative estimate of drug-likeness (QED) is 0.837. The lowest BCUT2D eigenvalue weighted by Gasteiger charge is -2.17. The Kier molecular flexibility index (Phi) is 4.11. The number of carbonyl (C=O) groups is 1. The van der Waals surface area contributed by atoms with Crippen LogP contribution < -0.4 is 5.43 Å². The first-order valence-corrected chi connectivity index (χ1v) is 7.71. The first-order chi connectivity index (χ1) is 10.6. The van der Waals surface area contributed by atoms with Gasteiger partial charge in [-0.3, -0.25) is 4.79 Å². The molecule has 4 nitrogen and oxygen atoms in total. The van der Waals surface area contributed by atoms with Gasteiger partial charge in [0.1, 0.15) is 11.6 Å². The molecule has 2 aromatic carbocycles. The van der Waals surface area contributed by atoms with E-state index in [4.69, 9.17) is 0 Å². The lowest BCUT2D eigenvalue weighted by molar-refractivity contribution is 0.0955. The van der Waals surface area contributed by atoms with E-state index in [1.54, 1.807) is 17.8 Å². The van der Waals surface area contributed by atoms with Crippen LogP contribution in [-0.2, 0) is 0 Å². The molecule has 0 bridgehead atoms. The Balaban J connectivity index is 1.80. The highest BCUT2D eigenvalue weighted by molar-refractivity contribution is 7.99. The molecule has 0 saturated heterocycles. The van der Waals surface area contributed by atoms with Crippen LogP contribution in [0.2, 0.25) is 0 Å². The van der Waals surface area contributed by atoms with Gasteiger partial charge in [0.25, 0.3) is 5.91 Å². The Bertz CT molecular complexity index is 744. The highest BCUT2D eigenvalue weighted by Gasteiger charge is 2.17. The molecule has 112 valence electrons. The van der Waals surface area contributed by atoms with Gasteiger partial charge in [0, 0.05) is 28.2 Å². The predicted molar refractivity (Wildman–Crippen MR) is 83.9 cm³/mol. The maximum atomic E-state index is 13.4. The number of hydrazone groups is 1. The SMILES string of the molecule is O=C(N/N=C1/CCSc2ccc(F)cc21)c1ccc(O)cc1. The smallest absolute Gasteiger partial charge is 0.271 e. The van der Waals surface area contributed by atoms with E-state index in [0.717, 1.165) is 16.2 Å². The Hall–Kier alpha value is -2.34. The van der Waals surface area contributed by atoms with Crippen molar-refractivity contribution in [1.82, 2.24) is 5.43 Å². The van der Waals surface area contributed by atoms with Crippen molar-refractivity contribution in [2.24, 2.45) is 5.10 Å². The zero-order valence-corrected chi connectivity index (χ0v) is 12.4. The standard InChI is InChI=1S/C16H13FN2O2S/c17-11-3-6-15-13(9-11)14(7-8-22-15)18-19-16(21)10-1-4-12(20)5-2-10/h1-6,9,20H,7-8H2,(H,19,21)/b18-14-. The normalized spacial score (nSPS) is 15.4. The van der Waals surface area contributed by atoms with E-state index < -0.39 is 0 Å². The minimum absolute atomic E-state index is 0.0940. The Morgan fingerprint density at radius 3 is 2.77 bits per heavy atom. The van der Waals surface area contributed by atoms with Crippen molar-refractivity contribution in [3.8, 4) is 5.75 Å². The largest absolute Gasteiger partial charge is 0.508 e. The van der Waals surface area contributed by atoms with Gasteiger partial charge in [-0.15, -0.1) is 11.8 Å². The van der Waals surface area contributed by atoms with Gasteiger partial charge in [-0.2, -0.15) is 5.10 Å². The lowest BCUT2D eigenvalue weighted by atomic mass is 10.1. The maximum Gasteiger partial charge on any atom is 0.271 e. The molecule has 0 radical (unpaired) electrons. The van der Waals surface area contributed by atoms with Crippen molar-refractivity contribution in [2.75, 3.05) is 5.75 Å². The summed E-state index contributed by atoms with van der Waals surface area (Å²) in [4.78, 5) is 13.0. The molecule has 0 saturated carbocycles. The second-order valence-corrected chi connectivity index (χ2v) is 5.92. The summed E-state index contributed by atoms with van der Waals surface area (Å²) in [5, 5.41) is 13.3. The van der Waals surface area contributed by atoms with Crippen molar-refractivity contribution in [3.05, 3.63) is 59.4 Å². The van der Waals surface area contributed by atoms with E-state index in [2.05, 4.69) is 10.5 Å². The van der Waals surface area contributed by atoms with Crippen LogP contribution in [0.4, 0.5) is 4.39 Å². The third-order valence-electron chi connectivity index (χ3n) is 3.27. The minimum atomic E-state index is -0.372. The highest BCUT2D eigenvalue weighted by atomic mass is 32.2. The van der Waals surface area contributed by atoms with Gasteiger partial charge in [0.05, 0.1) is 5.71 Å². The van der Waals surface area contributed by atoms with Crippen molar-refractivity contribution >= 4 is 23.4 Å². The number of hydrogen-bond acceptors (Lipinski definition) is 4. The summed E-state index contributed by atoms with van der Waals surface area (Å²) in [5.74, 6) is 0.242. The Labute approximate surface area is 131 Å². The molecule has 0 aliphatic carbocycles. The van der Waals surface area contributed by atoms with E-state index >= 15 is 0 Å². The second-order valence-electron chi connectivity index (χ2n) is 4.79. The molecule has 3 rings (SSSR count). The molecule has 0 spiro atoms. The summed E-state index contributed by atoms with van der Waals surface area (Å²) in [6.07, 6.45) is 0.664. The maximum absolute atomic E-state index is 13.4. The minimum Gasteiger partial charge on any atom is -0.508 e. The monoisotopic (exact) mass is 316 g/mol. The summed E-state index contributed by atoms with van der Waals surface area (Å²) < 4.78 is 13.4. The molecule has 2 N–H and O–H groups in total. The third-order valence-corrected chi connectivity index (χ3v) is 4.35. The molecule has 0 unspecified atom stereocenters. The number of aromatic hydroxyl groups is 1. The van der Waals surface area contributed by atoms with Gasteiger partial charge in [0.2, 0.25) is 0 Å². The molecule has 2 aromatic rings. The molecule has 0 atom stereocenters. The molecule has 1 aliphatic heterocycles. The van der Waals surface area contributed by atoms with Crippen molar-refractivity contribution in [2.45, 2.75) is 11.3 Å². The number of nitrogens with one attached hydrogen (secondary N) is 1. The molecular formula is C16H13FN2O2S. The number of phenols is 1. The van der Waals surface area contributed by atoms with Crippen LogP contribution in [-0.4, -0.2) is 22.5 Å². The van der Waals surface area contributed by atoms with Crippen LogP contribution in [0.3, 0.4) is 0 Å². The average Bonchev–Trinajstić information content (AvgIpc) is 2.53. The molecule has 6 heteroatoms. The first kappa shape index (κ1) is 14.6. The molecule has 1 aliphatic rings. The highest BCUT2D eigenvalue weighted by Crippen LogP contribution is 2.30. The number of phenolic OH excluding ortho intramolecular Hbond substituents is 1. The fraction of sp³-hybridized carbons (Fsp3) is 0.125. The number of nitrogens with zero attached hydrogens (tertiary/aromatic N) is 1. The number of benzene rings is 2. The Morgan fingerprint density at radius 2 is 2.00 bits per heavy atom. The number of rotatable bonds is 2. The summed E-state index contributed by atoms with van der Waals surface area (Å²) in [7, 11) is 0. The molecule has 0 fully saturated rings. The molecule has 0 aromatic heterocycles. The number of thioether (sulfide) groups is 1. The number of amides is 1. The summed E-state index contributed by atoms with van der Waals surface area (Å²) in [5.41, 5.74) is 4.27. The second kappa shape index (κ2) is 6.19. The van der Waals surface area contributed by atoms with Crippen LogP contribution in [0.1, 0.15) is 22.3 Å². The fourth-order valence-corrected chi connectivity index (χ4v) is 3.17. The Morgan fingerprint density at radius 1 is 1.23 bits per heavy atom. The zero-order chi connectivity index (χ0) is 15.5. The summed E-state index contributed by atoms with van der Waals surface area (Å²) >= 11 is 1.65. The van der Waals surface area contributed by atoms with Gasteiger partial charge >= 0.3 is 0 Å². The van der Waals surface area contributed by atoms with Gasteiger partial charge < -0.3 is 5.11 Å². The number of fused-ring (bicyclic) bond motifs is 1. The average molecular weight is 316 g/mol. The van der Waals surface area contributed by atoms with Crippen LogP contribution in [0.25, 0.3) is 0 Å². The zero-order valence-electron chi connectivity index (χ0n) is 11.5. The van der Waals surface area contributed by atoms with Gasteiger partial charge in [-0.05, 0) is 42.5 Å². The fourth-order valence-electron chi connectivity index (χ4n) is 2.16. The van der Waals surface area contributed by atoms with Gasteiger partial charge in [-0.1, -0.05) is 0 Å². The van der Waals surface area contributed by atoms with E-state index in [9.17, 15) is 14.3 Å². The van der Waals surface area contributed by atoms with E-state index in [1.165, 1.54) is 36.4 Å².